The highest BCUT2D eigenvalue weighted by molar-refractivity contribution is 5.40. The second-order valence-electron chi connectivity index (χ2n) is 4.63. The molecule has 0 N–H and O–H groups in total. The van der Waals surface area contributed by atoms with Gasteiger partial charge in [0.15, 0.2) is 0 Å². The van der Waals surface area contributed by atoms with Gasteiger partial charge in [-0.15, -0.1) is 0 Å². The van der Waals surface area contributed by atoms with Crippen LogP contribution < -0.4 is 9.47 Å². The van der Waals surface area contributed by atoms with Gasteiger partial charge in [0.05, 0.1) is 11.6 Å². The van der Waals surface area contributed by atoms with Crippen LogP contribution in [0.1, 0.15) is 11.3 Å². The number of nitrogens with zero attached hydrogens (tertiary/aromatic N) is 4. The quantitative estimate of drug-likeness (QED) is 0.727. The summed E-state index contributed by atoms with van der Waals surface area (Å²) in [5.41, 5.74) is 0.693. The van der Waals surface area contributed by atoms with Gasteiger partial charge in [-0.25, -0.2) is 9.97 Å². The molecule has 0 fully saturated rings. The highest BCUT2D eigenvalue weighted by Gasteiger charge is 2.07. The Hall–Kier alpha value is -3.90. The maximum Gasteiger partial charge on any atom is 0.256 e. The lowest BCUT2D eigenvalue weighted by Gasteiger charge is -2.08. The van der Waals surface area contributed by atoms with Gasteiger partial charge in [0.1, 0.15) is 23.3 Å². The van der Waals surface area contributed by atoms with E-state index in [1.165, 1.54) is 12.4 Å². The summed E-state index contributed by atoms with van der Waals surface area (Å²) < 4.78 is 11.2. The first-order valence-electron chi connectivity index (χ1n) is 6.95. The number of hydrogen-bond acceptors (Lipinski definition) is 6. The van der Waals surface area contributed by atoms with E-state index in [-0.39, 0.29) is 11.6 Å². The van der Waals surface area contributed by atoms with Crippen LogP contribution in [0.15, 0.2) is 60.9 Å². The van der Waals surface area contributed by atoms with Crippen molar-refractivity contribution < 1.29 is 9.47 Å². The number of hydrogen-bond donors (Lipinski definition) is 0. The molecule has 0 aliphatic rings. The molecule has 0 saturated heterocycles. The monoisotopic (exact) mass is 314 g/mol. The van der Waals surface area contributed by atoms with Crippen LogP contribution in [0.3, 0.4) is 0 Å². The Balaban J connectivity index is 1.71. The first-order chi connectivity index (χ1) is 11.8. The standard InChI is InChI=1S/C18H10N4O2/c19-11-13-1-3-14(4-2-13)23-15-5-7-16(8-6-15)24-18-17(12-20)21-9-10-22-18/h1-10H. The number of benzene rings is 2. The minimum atomic E-state index is 0.121. The van der Waals surface area contributed by atoms with E-state index in [4.69, 9.17) is 20.0 Å². The average molecular weight is 314 g/mol. The van der Waals surface area contributed by atoms with E-state index in [0.29, 0.717) is 22.8 Å². The van der Waals surface area contributed by atoms with Gasteiger partial charge >= 0.3 is 0 Å². The molecular weight excluding hydrogens is 304 g/mol. The van der Waals surface area contributed by atoms with E-state index in [9.17, 15) is 0 Å². The zero-order valence-corrected chi connectivity index (χ0v) is 12.4. The van der Waals surface area contributed by atoms with Crippen molar-refractivity contribution in [3.63, 3.8) is 0 Å². The van der Waals surface area contributed by atoms with E-state index in [2.05, 4.69) is 16.0 Å². The molecule has 0 unspecified atom stereocenters. The summed E-state index contributed by atoms with van der Waals surface area (Å²) >= 11 is 0. The largest absolute Gasteiger partial charge is 0.457 e. The third-order valence-electron chi connectivity index (χ3n) is 3.03. The molecule has 1 heterocycles. The molecule has 2 aromatic carbocycles. The minimum Gasteiger partial charge on any atom is -0.457 e. The lowest BCUT2D eigenvalue weighted by Crippen LogP contribution is -1.94. The molecule has 0 aliphatic carbocycles. The van der Waals surface area contributed by atoms with E-state index in [0.717, 1.165) is 0 Å². The molecule has 3 rings (SSSR count). The van der Waals surface area contributed by atoms with Crippen molar-refractivity contribution >= 4 is 0 Å². The summed E-state index contributed by atoms with van der Waals surface area (Å²) in [6.45, 7) is 0. The molecule has 6 nitrogen and oxygen atoms in total. The predicted molar refractivity (Wildman–Crippen MR) is 84.5 cm³/mol. The Morgan fingerprint density at radius 2 is 1.21 bits per heavy atom. The van der Waals surface area contributed by atoms with Gasteiger partial charge < -0.3 is 9.47 Å². The SMILES string of the molecule is N#Cc1ccc(Oc2ccc(Oc3nccnc3C#N)cc2)cc1. The fraction of sp³-hybridized carbons (Fsp3) is 0. The fourth-order valence-electron chi connectivity index (χ4n) is 1.90. The smallest absolute Gasteiger partial charge is 0.256 e. The second kappa shape index (κ2) is 6.91. The Labute approximate surface area is 138 Å². The molecule has 0 radical (unpaired) electrons. The van der Waals surface area contributed by atoms with Crippen LogP contribution in [0.2, 0.25) is 0 Å². The summed E-state index contributed by atoms with van der Waals surface area (Å²) in [6, 6.07) is 17.7. The van der Waals surface area contributed by atoms with Gasteiger partial charge in [-0.1, -0.05) is 0 Å². The van der Waals surface area contributed by atoms with Crippen LogP contribution in [-0.2, 0) is 0 Å². The second-order valence-corrected chi connectivity index (χ2v) is 4.63. The van der Waals surface area contributed by atoms with Crippen LogP contribution in [0, 0.1) is 22.7 Å². The van der Waals surface area contributed by atoms with Gasteiger partial charge in [0.25, 0.3) is 5.88 Å². The maximum absolute atomic E-state index is 8.97. The lowest BCUT2D eigenvalue weighted by molar-refractivity contribution is 0.452. The molecule has 0 atom stereocenters. The molecule has 24 heavy (non-hydrogen) atoms. The Kier molecular flexibility index (Phi) is 4.32. The molecule has 1 aromatic heterocycles. The van der Waals surface area contributed by atoms with E-state index in [1.807, 2.05) is 6.07 Å². The van der Waals surface area contributed by atoms with Gasteiger partial charge in [-0.3, -0.25) is 0 Å². The molecule has 0 spiro atoms. The predicted octanol–water partition coefficient (Wildman–Crippen LogP) is 3.80. The maximum atomic E-state index is 8.97. The van der Waals surface area contributed by atoms with Crippen molar-refractivity contribution in [3.05, 3.63) is 72.2 Å². The van der Waals surface area contributed by atoms with E-state index >= 15 is 0 Å². The number of aromatic nitrogens is 2. The highest BCUT2D eigenvalue weighted by atomic mass is 16.5. The third-order valence-corrected chi connectivity index (χ3v) is 3.03. The normalized spacial score (nSPS) is 9.58. The minimum absolute atomic E-state index is 0.121. The number of rotatable bonds is 4. The molecule has 114 valence electrons. The van der Waals surface area contributed by atoms with Crippen LogP contribution in [0.4, 0.5) is 0 Å². The molecule has 0 saturated carbocycles. The summed E-state index contributed by atoms with van der Waals surface area (Å²) in [6.07, 6.45) is 2.89. The molecule has 3 aromatic rings. The van der Waals surface area contributed by atoms with Crippen LogP contribution in [0.5, 0.6) is 23.1 Å². The van der Waals surface area contributed by atoms with Crippen LogP contribution in [0.25, 0.3) is 0 Å². The average Bonchev–Trinajstić information content (AvgIpc) is 2.64. The lowest BCUT2D eigenvalue weighted by atomic mass is 10.2. The van der Waals surface area contributed by atoms with Crippen molar-refractivity contribution in [2.24, 2.45) is 0 Å². The van der Waals surface area contributed by atoms with Gasteiger partial charge in [0, 0.05) is 12.4 Å². The van der Waals surface area contributed by atoms with Crippen LogP contribution in [-0.4, -0.2) is 9.97 Å². The third kappa shape index (κ3) is 3.46. The Morgan fingerprint density at radius 1 is 0.667 bits per heavy atom. The highest BCUT2D eigenvalue weighted by Crippen LogP contribution is 2.26. The van der Waals surface area contributed by atoms with E-state index in [1.54, 1.807) is 48.5 Å². The van der Waals surface area contributed by atoms with Gasteiger partial charge in [0.2, 0.25) is 5.69 Å². The van der Waals surface area contributed by atoms with Gasteiger partial charge in [-0.05, 0) is 48.5 Å². The van der Waals surface area contributed by atoms with Gasteiger partial charge in [-0.2, -0.15) is 10.5 Å². The van der Waals surface area contributed by atoms with Crippen molar-refractivity contribution in [3.8, 4) is 35.3 Å². The van der Waals surface area contributed by atoms with E-state index < -0.39 is 0 Å². The van der Waals surface area contributed by atoms with Crippen molar-refractivity contribution in [1.29, 1.82) is 10.5 Å². The molecule has 0 aliphatic heterocycles. The van der Waals surface area contributed by atoms with Crippen LogP contribution >= 0.6 is 0 Å². The number of ether oxygens (including phenoxy) is 2. The van der Waals surface area contributed by atoms with Crippen molar-refractivity contribution in [2.45, 2.75) is 0 Å². The summed E-state index contributed by atoms with van der Waals surface area (Å²) in [5.74, 6) is 1.91. The Morgan fingerprint density at radius 3 is 1.79 bits per heavy atom. The fourth-order valence-corrected chi connectivity index (χ4v) is 1.90. The first-order valence-corrected chi connectivity index (χ1v) is 6.95. The molecule has 0 amide bonds. The van der Waals surface area contributed by atoms with Crippen molar-refractivity contribution in [1.82, 2.24) is 9.97 Å². The zero-order chi connectivity index (χ0) is 16.8. The topological polar surface area (TPSA) is 91.8 Å². The summed E-state index contributed by atoms with van der Waals surface area (Å²) in [7, 11) is 0. The summed E-state index contributed by atoms with van der Waals surface area (Å²) in [4.78, 5) is 7.87. The molecule has 0 bridgehead atoms. The first kappa shape index (κ1) is 15.0. The molecular formula is C18H10N4O2. The molecule has 6 heteroatoms. The zero-order valence-electron chi connectivity index (χ0n) is 12.4. The summed E-state index contributed by atoms with van der Waals surface area (Å²) in [5, 5.41) is 17.7. The Bertz CT molecular complexity index is 923. The number of nitriles is 2. The van der Waals surface area contributed by atoms with Crippen molar-refractivity contribution in [2.75, 3.05) is 0 Å².